The predicted molar refractivity (Wildman–Crippen MR) is 124 cm³/mol. The summed E-state index contributed by atoms with van der Waals surface area (Å²) in [5.41, 5.74) is 3.99. The standard InChI is InChI=1S/C26H34N4O4/c1-2-17-7-9-19(10-8-17)23-27-24(34-29-23)21-15-26(11-12-26)16-30(21)25(32)20(14-22(31)28-33)13-18-5-3-4-6-18/h7-10,18,20-21,33H,2-6,11-16H2,1H3,(H,28,31)/t20-,21+/m1/s1. The molecule has 1 spiro atoms. The van der Waals surface area contributed by atoms with Crippen molar-refractivity contribution in [3.63, 3.8) is 0 Å². The number of carbonyl (C=O) groups excluding carboxylic acids is 2. The average Bonchev–Trinajstić information content (AvgIpc) is 3.25. The monoisotopic (exact) mass is 466 g/mol. The van der Waals surface area contributed by atoms with E-state index in [2.05, 4.69) is 24.2 Å². The topological polar surface area (TPSA) is 109 Å². The summed E-state index contributed by atoms with van der Waals surface area (Å²) in [6, 6.07) is 7.86. The summed E-state index contributed by atoms with van der Waals surface area (Å²) in [5, 5.41) is 13.3. The Morgan fingerprint density at radius 1 is 1.24 bits per heavy atom. The smallest absolute Gasteiger partial charge is 0.249 e. The molecule has 2 N–H and O–H groups in total. The number of aromatic nitrogens is 2. The van der Waals surface area contributed by atoms with Crippen LogP contribution in [0.15, 0.2) is 28.8 Å². The van der Waals surface area contributed by atoms with Crippen molar-refractivity contribution >= 4 is 11.8 Å². The Balaban J connectivity index is 1.37. The molecular weight excluding hydrogens is 432 g/mol. The number of carbonyl (C=O) groups is 2. The molecule has 2 amide bonds. The number of aryl methyl sites for hydroxylation is 1. The highest BCUT2D eigenvalue weighted by Crippen LogP contribution is 2.58. The van der Waals surface area contributed by atoms with Gasteiger partial charge < -0.3 is 9.42 Å². The number of hydroxylamine groups is 1. The Bertz CT molecular complexity index is 1020. The van der Waals surface area contributed by atoms with Crippen LogP contribution in [0.3, 0.4) is 0 Å². The highest BCUT2D eigenvalue weighted by atomic mass is 16.5. The van der Waals surface area contributed by atoms with E-state index in [1.807, 2.05) is 17.0 Å². The lowest BCUT2D eigenvalue weighted by Gasteiger charge is -2.28. The van der Waals surface area contributed by atoms with Crippen LogP contribution in [0.1, 0.15) is 82.2 Å². The first-order valence-electron chi connectivity index (χ1n) is 12.7. The second-order valence-electron chi connectivity index (χ2n) is 10.5. The van der Waals surface area contributed by atoms with E-state index in [1.54, 1.807) is 5.48 Å². The van der Waals surface area contributed by atoms with E-state index in [1.165, 1.54) is 18.4 Å². The first-order chi connectivity index (χ1) is 16.5. The number of rotatable bonds is 8. The molecule has 1 aromatic carbocycles. The minimum absolute atomic E-state index is 0.000907. The highest BCUT2D eigenvalue weighted by Gasteiger charge is 2.55. The molecule has 34 heavy (non-hydrogen) atoms. The Morgan fingerprint density at radius 2 is 1.97 bits per heavy atom. The zero-order valence-corrected chi connectivity index (χ0v) is 19.8. The number of nitrogens with zero attached hydrogens (tertiary/aromatic N) is 3. The predicted octanol–water partition coefficient (Wildman–Crippen LogP) is 4.44. The number of nitrogens with one attached hydrogen (secondary N) is 1. The lowest BCUT2D eigenvalue weighted by molar-refractivity contribution is -0.142. The van der Waals surface area contributed by atoms with Crippen LogP contribution in [-0.2, 0) is 16.0 Å². The van der Waals surface area contributed by atoms with E-state index in [-0.39, 0.29) is 23.8 Å². The van der Waals surface area contributed by atoms with Gasteiger partial charge in [0.05, 0.1) is 0 Å². The lowest BCUT2D eigenvalue weighted by atomic mass is 9.89. The van der Waals surface area contributed by atoms with Gasteiger partial charge in [0.25, 0.3) is 0 Å². The molecule has 0 radical (unpaired) electrons. The summed E-state index contributed by atoms with van der Waals surface area (Å²) < 4.78 is 5.70. The van der Waals surface area contributed by atoms with Gasteiger partial charge in [-0.25, -0.2) is 5.48 Å². The summed E-state index contributed by atoms with van der Waals surface area (Å²) in [5.74, 6) is 0.468. The van der Waals surface area contributed by atoms with Gasteiger partial charge in [0, 0.05) is 24.4 Å². The summed E-state index contributed by atoms with van der Waals surface area (Å²) in [6.45, 7) is 2.78. The quantitative estimate of drug-likeness (QED) is 0.440. The van der Waals surface area contributed by atoms with Crippen molar-refractivity contribution in [2.75, 3.05) is 6.54 Å². The van der Waals surface area contributed by atoms with Gasteiger partial charge in [-0.1, -0.05) is 62.0 Å². The summed E-state index contributed by atoms with van der Waals surface area (Å²) >= 11 is 0. The van der Waals surface area contributed by atoms with Gasteiger partial charge in [-0.3, -0.25) is 14.8 Å². The van der Waals surface area contributed by atoms with E-state index in [0.29, 0.717) is 30.6 Å². The first-order valence-corrected chi connectivity index (χ1v) is 12.7. The van der Waals surface area contributed by atoms with E-state index < -0.39 is 11.8 Å². The molecule has 8 nitrogen and oxygen atoms in total. The normalized spacial score (nSPS) is 22.3. The van der Waals surface area contributed by atoms with Crippen LogP contribution in [0.5, 0.6) is 0 Å². The number of amides is 2. The SMILES string of the molecule is CCc1ccc(-c2noc([C@@H]3CC4(CC4)CN3C(=O)[C@@H](CC(=O)NO)CC3CCCC3)n2)cc1. The van der Waals surface area contributed by atoms with Crippen LogP contribution in [-0.4, -0.2) is 38.6 Å². The fraction of sp³-hybridized carbons (Fsp3) is 0.615. The van der Waals surface area contributed by atoms with Gasteiger partial charge in [-0.2, -0.15) is 4.98 Å². The van der Waals surface area contributed by atoms with Gasteiger partial charge in [0.15, 0.2) is 0 Å². The highest BCUT2D eigenvalue weighted by molar-refractivity contribution is 5.86. The Hall–Kier alpha value is -2.74. The van der Waals surface area contributed by atoms with E-state index in [9.17, 15) is 9.59 Å². The molecule has 2 aliphatic carbocycles. The second kappa shape index (κ2) is 9.49. The first kappa shape index (κ1) is 23.0. The number of hydrogen-bond acceptors (Lipinski definition) is 6. The number of likely N-dealkylation sites (tertiary alicyclic amines) is 1. The summed E-state index contributed by atoms with van der Waals surface area (Å²) in [7, 11) is 0. The molecule has 1 saturated heterocycles. The molecule has 0 bridgehead atoms. The fourth-order valence-electron chi connectivity index (χ4n) is 5.85. The van der Waals surface area contributed by atoms with Crippen molar-refractivity contribution in [2.45, 2.75) is 77.2 Å². The van der Waals surface area contributed by atoms with Crippen molar-refractivity contribution in [3.05, 3.63) is 35.7 Å². The van der Waals surface area contributed by atoms with Crippen LogP contribution < -0.4 is 5.48 Å². The third-order valence-corrected chi connectivity index (χ3v) is 8.09. The molecule has 2 heterocycles. The van der Waals surface area contributed by atoms with Crippen molar-refractivity contribution in [3.8, 4) is 11.4 Å². The molecule has 1 aromatic heterocycles. The second-order valence-corrected chi connectivity index (χ2v) is 10.5. The zero-order chi connectivity index (χ0) is 23.7. The molecule has 2 saturated carbocycles. The molecule has 8 heteroatoms. The molecule has 3 fully saturated rings. The van der Waals surface area contributed by atoms with Gasteiger partial charge >= 0.3 is 0 Å². The van der Waals surface area contributed by atoms with Gasteiger partial charge in [0.1, 0.15) is 6.04 Å². The van der Waals surface area contributed by atoms with Crippen molar-refractivity contribution in [1.29, 1.82) is 0 Å². The molecule has 1 aliphatic heterocycles. The molecule has 3 aliphatic rings. The largest absolute Gasteiger partial charge is 0.337 e. The zero-order valence-electron chi connectivity index (χ0n) is 19.8. The number of hydrogen-bond donors (Lipinski definition) is 2. The van der Waals surface area contributed by atoms with E-state index in [4.69, 9.17) is 14.7 Å². The Kier molecular flexibility index (Phi) is 6.42. The lowest BCUT2D eigenvalue weighted by Crippen LogP contribution is -2.39. The average molecular weight is 467 g/mol. The third-order valence-electron chi connectivity index (χ3n) is 8.09. The van der Waals surface area contributed by atoms with Crippen LogP contribution in [0.4, 0.5) is 0 Å². The van der Waals surface area contributed by atoms with E-state index in [0.717, 1.165) is 44.1 Å². The van der Waals surface area contributed by atoms with Gasteiger partial charge in [-0.15, -0.1) is 0 Å². The minimum Gasteiger partial charge on any atom is -0.337 e. The minimum atomic E-state index is -0.510. The van der Waals surface area contributed by atoms with Crippen LogP contribution in [0.2, 0.25) is 0 Å². The van der Waals surface area contributed by atoms with E-state index >= 15 is 0 Å². The van der Waals surface area contributed by atoms with Crippen molar-refractivity contribution in [1.82, 2.24) is 20.5 Å². The summed E-state index contributed by atoms with van der Waals surface area (Å²) in [6.07, 6.45) is 9.21. The Labute approximate surface area is 200 Å². The molecule has 2 atom stereocenters. The van der Waals surface area contributed by atoms with Crippen LogP contribution in [0, 0.1) is 17.3 Å². The van der Waals surface area contributed by atoms with Gasteiger partial charge in [0.2, 0.25) is 23.5 Å². The molecular formula is C26H34N4O4. The third kappa shape index (κ3) is 4.73. The maximum Gasteiger partial charge on any atom is 0.249 e. The van der Waals surface area contributed by atoms with Gasteiger partial charge in [-0.05, 0) is 49.0 Å². The molecule has 0 unspecified atom stereocenters. The maximum absolute atomic E-state index is 13.8. The summed E-state index contributed by atoms with van der Waals surface area (Å²) in [4.78, 5) is 32.4. The van der Waals surface area contributed by atoms with Crippen LogP contribution >= 0.6 is 0 Å². The maximum atomic E-state index is 13.8. The fourth-order valence-corrected chi connectivity index (χ4v) is 5.85. The van der Waals surface area contributed by atoms with Crippen LogP contribution in [0.25, 0.3) is 11.4 Å². The molecule has 182 valence electrons. The number of benzene rings is 1. The molecule has 2 aromatic rings. The van der Waals surface area contributed by atoms with Crippen molar-refractivity contribution in [2.24, 2.45) is 17.3 Å². The molecule has 5 rings (SSSR count). The van der Waals surface area contributed by atoms with Crippen molar-refractivity contribution < 1.29 is 19.3 Å². The Morgan fingerprint density at radius 3 is 2.62 bits per heavy atom.